The van der Waals surface area contributed by atoms with Crippen molar-refractivity contribution >= 4 is 21.2 Å². The standard InChI is InChI=1S/C14H19N3O3S2/c1-17(11-4-3-5-12(11)22(2,18)19)8-13-15-14(20-16-13)10-6-7-21-9-10/h6-7,9,11-12H,3-5,8H2,1-2H3/t11-,12-/m1/s1. The molecule has 0 saturated heterocycles. The Kier molecular flexibility index (Phi) is 4.33. The van der Waals surface area contributed by atoms with Crippen LogP contribution in [0.3, 0.4) is 0 Å². The number of nitrogens with zero attached hydrogens (tertiary/aromatic N) is 3. The molecule has 2 aromatic rings. The average molecular weight is 341 g/mol. The Balaban J connectivity index is 1.70. The first kappa shape index (κ1) is 15.6. The minimum Gasteiger partial charge on any atom is -0.334 e. The zero-order chi connectivity index (χ0) is 15.7. The van der Waals surface area contributed by atoms with E-state index in [1.54, 1.807) is 11.3 Å². The fourth-order valence-electron chi connectivity index (χ4n) is 3.07. The van der Waals surface area contributed by atoms with Gasteiger partial charge in [-0.3, -0.25) is 4.90 Å². The van der Waals surface area contributed by atoms with E-state index in [-0.39, 0.29) is 11.3 Å². The van der Waals surface area contributed by atoms with Crippen molar-refractivity contribution in [3.63, 3.8) is 0 Å². The Morgan fingerprint density at radius 2 is 2.27 bits per heavy atom. The highest BCUT2D eigenvalue weighted by Crippen LogP contribution is 2.29. The quantitative estimate of drug-likeness (QED) is 0.830. The molecule has 1 aliphatic carbocycles. The summed E-state index contributed by atoms with van der Waals surface area (Å²) in [5, 5.41) is 7.62. The fraction of sp³-hybridized carbons (Fsp3) is 0.571. The van der Waals surface area contributed by atoms with Crippen LogP contribution >= 0.6 is 11.3 Å². The highest BCUT2D eigenvalue weighted by atomic mass is 32.2. The normalized spacial score (nSPS) is 22.5. The van der Waals surface area contributed by atoms with Gasteiger partial charge in [0.25, 0.3) is 5.89 Å². The number of thiophene rings is 1. The van der Waals surface area contributed by atoms with E-state index in [9.17, 15) is 8.42 Å². The molecular formula is C14H19N3O3S2. The van der Waals surface area contributed by atoms with Gasteiger partial charge in [0.15, 0.2) is 15.7 Å². The summed E-state index contributed by atoms with van der Waals surface area (Å²) in [6.07, 6.45) is 3.90. The van der Waals surface area contributed by atoms with Gasteiger partial charge in [-0.25, -0.2) is 8.42 Å². The third-order valence-corrected chi connectivity index (χ3v) is 6.49. The first-order valence-corrected chi connectivity index (χ1v) is 10.1. The third kappa shape index (κ3) is 3.23. The molecule has 0 unspecified atom stereocenters. The van der Waals surface area contributed by atoms with Crippen LogP contribution in [-0.4, -0.2) is 48.1 Å². The van der Waals surface area contributed by atoms with Crippen molar-refractivity contribution in [1.82, 2.24) is 15.0 Å². The number of hydrogen-bond acceptors (Lipinski definition) is 7. The monoisotopic (exact) mass is 341 g/mol. The third-order valence-electron chi connectivity index (χ3n) is 4.16. The molecule has 1 saturated carbocycles. The molecule has 22 heavy (non-hydrogen) atoms. The molecule has 0 radical (unpaired) electrons. The second-order valence-electron chi connectivity index (χ2n) is 5.81. The maximum atomic E-state index is 11.9. The van der Waals surface area contributed by atoms with Crippen LogP contribution in [0.2, 0.25) is 0 Å². The molecule has 6 nitrogen and oxygen atoms in total. The van der Waals surface area contributed by atoms with Gasteiger partial charge in [0.05, 0.1) is 17.4 Å². The van der Waals surface area contributed by atoms with Crippen LogP contribution in [0.5, 0.6) is 0 Å². The van der Waals surface area contributed by atoms with E-state index in [0.29, 0.717) is 18.3 Å². The van der Waals surface area contributed by atoms with E-state index in [1.165, 1.54) is 6.26 Å². The van der Waals surface area contributed by atoms with Gasteiger partial charge in [-0.2, -0.15) is 16.3 Å². The molecule has 8 heteroatoms. The van der Waals surface area contributed by atoms with E-state index in [0.717, 1.165) is 24.8 Å². The molecule has 1 aliphatic rings. The van der Waals surface area contributed by atoms with Crippen molar-refractivity contribution in [2.24, 2.45) is 0 Å². The van der Waals surface area contributed by atoms with Crippen LogP contribution in [0.25, 0.3) is 11.5 Å². The Morgan fingerprint density at radius 1 is 1.45 bits per heavy atom. The Bertz CT molecular complexity index is 724. The predicted octanol–water partition coefficient (Wildman–Crippen LogP) is 2.20. The van der Waals surface area contributed by atoms with Crippen LogP contribution in [0.1, 0.15) is 25.1 Å². The van der Waals surface area contributed by atoms with Crippen molar-refractivity contribution in [1.29, 1.82) is 0 Å². The van der Waals surface area contributed by atoms with Crippen LogP contribution in [0, 0.1) is 0 Å². The van der Waals surface area contributed by atoms with Gasteiger partial charge in [0.1, 0.15) is 0 Å². The van der Waals surface area contributed by atoms with Crippen LogP contribution in [0.4, 0.5) is 0 Å². The zero-order valence-electron chi connectivity index (χ0n) is 12.6. The second-order valence-corrected chi connectivity index (χ2v) is 8.85. The lowest BCUT2D eigenvalue weighted by atomic mass is 10.2. The number of aromatic nitrogens is 2. The lowest BCUT2D eigenvalue weighted by Crippen LogP contribution is -2.41. The molecule has 3 rings (SSSR count). The van der Waals surface area contributed by atoms with Gasteiger partial charge < -0.3 is 4.52 Å². The smallest absolute Gasteiger partial charge is 0.258 e. The molecule has 0 aliphatic heterocycles. The second kappa shape index (κ2) is 6.10. The van der Waals surface area contributed by atoms with Crippen molar-refractivity contribution in [2.75, 3.05) is 13.3 Å². The molecule has 1 fully saturated rings. The molecule has 0 N–H and O–H groups in total. The maximum absolute atomic E-state index is 11.9. The van der Waals surface area contributed by atoms with Gasteiger partial charge in [-0.05, 0) is 31.3 Å². The molecule has 2 atom stereocenters. The van der Waals surface area contributed by atoms with Gasteiger partial charge in [0.2, 0.25) is 0 Å². The summed E-state index contributed by atoms with van der Waals surface area (Å²) in [5.41, 5.74) is 0.918. The molecule has 2 heterocycles. The lowest BCUT2D eigenvalue weighted by molar-refractivity contribution is 0.230. The number of rotatable bonds is 5. The van der Waals surface area contributed by atoms with Crippen molar-refractivity contribution in [2.45, 2.75) is 37.1 Å². The molecule has 2 aromatic heterocycles. The first-order valence-electron chi connectivity index (χ1n) is 7.19. The summed E-state index contributed by atoms with van der Waals surface area (Å²) in [7, 11) is -1.10. The SMILES string of the molecule is CN(Cc1noc(-c2ccsc2)n1)[C@@H]1CCC[C@H]1S(C)(=O)=O. The largest absolute Gasteiger partial charge is 0.334 e. The van der Waals surface area contributed by atoms with Crippen LogP contribution in [-0.2, 0) is 16.4 Å². The van der Waals surface area contributed by atoms with Crippen molar-refractivity contribution < 1.29 is 12.9 Å². The van der Waals surface area contributed by atoms with E-state index in [2.05, 4.69) is 10.1 Å². The summed E-state index contributed by atoms with van der Waals surface area (Å²) in [4.78, 5) is 6.42. The van der Waals surface area contributed by atoms with Gasteiger partial charge >= 0.3 is 0 Å². The molecular weight excluding hydrogens is 322 g/mol. The molecule has 0 aromatic carbocycles. The Hall–Kier alpha value is -1.25. The summed E-state index contributed by atoms with van der Waals surface area (Å²) in [6, 6.07) is 1.96. The van der Waals surface area contributed by atoms with Gasteiger partial charge in [0, 0.05) is 17.7 Å². The number of hydrogen-bond donors (Lipinski definition) is 0. The fourth-order valence-corrected chi connectivity index (χ4v) is 5.21. The first-order chi connectivity index (χ1) is 10.4. The topological polar surface area (TPSA) is 76.3 Å². The minimum absolute atomic E-state index is 0.0260. The summed E-state index contributed by atoms with van der Waals surface area (Å²) in [5.74, 6) is 1.10. The molecule has 0 amide bonds. The Morgan fingerprint density at radius 3 is 2.95 bits per heavy atom. The van der Waals surface area contributed by atoms with E-state index in [4.69, 9.17) is 4.52 Å². The summed E-state index contributed by atoms with van der Waals surface area (Å²) >= 11 is 1.58. The Labute approximate surface area is 134 Å². The van der Waals surface area contributed by atoms with Crippen LogP contribution < -0.4 is 0 Å². The van der Waals surface area contributed by atoms with Crippen LogP contribution in [0.15, 0.2) is 21.3 Å². The highest BCUT2D eigenvalue weighted by Gasteiger charge is 2.37. The average Bonchev–Trinajstić information content (AvgIpc) is 3.19. The highest BCUT2D eigenvalue weighted by molar-refractivity contribution is 7.91. The molecule has 0 spiro atoms. The van der Waals surface area contributed by atoms with Crippen molar-refractivity contribution in [3.8, 4) is 11.5 Å². The minimum atomic E-state index is -3.02. The zero-order valence-corrected chi connectivity index (χ0v) is 14.2. The summed E-state index contributed by atoms with van der Waals surface area (Å²) in [6.45, 7) is 0.490. The van der Waals surface area contributed by atoms with Crippen molar-refractivity contribution in [3.05, 3.63) is 22.7 Å². The van der Waals surface area contributed by atoms with E-state index < -0.39 is 9.84 Å². The molecule has 0 bridgehead atoms. The van der Waals surface area contributed by atoms with Gasteiger partial charge in [-0.1, -0.05) is 11.6 Å². The lowest BCUT2D eigenvalue weighted by Gasteiger charge is -2.27. The van der Waals surface area contributed by atoms with E-state index >= 15 is 0 Å². The number of sulfone groups is 1. The summed E-state index contributed by atoms with van der Waals surface area (Å²) < 4.78 is 29.0. The molecule has 120 valence electrons. The van der Waals surface area contributed by atoms with Gasteiger partial charge in [-0.15, -0.1) is 0 Å². The van der Waals surface area contributed by atoms with E-state index in [1.807, 2.05) is 28.8 Å². The predicted molar refractivity (Wildman–Crippen MR) is 85.3 cm³/mol. The maximum Gasteiger partial charge on any atom is 0.258 e.